The molecule has 2 aliphatic rings. The standard InChI is InChI=1S/C62H39BN2O/c1-3-19-40(20-4-1)59-47(37-38-50-48-28-17-29-49(61(48)66-62(50)59)51-39-41-21-7-8-24-43(41)44-25-9-10-26-45(44)51)46-27-11-14-32-54(46)65-56-34-16-13-31-53(56)63-52-30-12-15-33-55(52)64(42-22-5-2-6-23-42)57-35-18-36-58(65)60(57)63/h1-39H. The van der Waals surface area contributed by atoms with Gasteiger partial charge in [-0.25, -0.2) is 0 Å². The Hall–Kier alpha value is -8.60. The van der Waals surface area contributed by atoms with Gasteiger partial charge in [-0.1, -0.05) is 182 Å². The number of benzene rings is 11. The van der Waals surface area contributed by atoms with Crippen LogP contribution in [0.25, 0.3) is 76.9 Å². The van der Waals surface area contributed by atoms with Crippen LogP contribution in [0.3, 0.4) is 0 Å². The Labute approximate surface area is 383 Å². The van der Waals surface area contributed by atoms with Crippen molar-refractivity contribution in [3.05, 3.63) is 237 Å². The molecule has 0 atom stereocenters. The monoisotopic (exact) mass is 838 g/mol. The molecule has 14 rings (SSSR count). The van der Waals surface area contributed by atoms with Crippen LogP contribution in [0.15, 0.2) is 241 Å². The highest BCUT2D eigenvalue weighted by Crippen LogP contribution is 2.50. The van der Waals surface area contributed by atoms with Gasteiger partial charge in [0.1, 0.15) is 11.2 Å². The molecule has 4 heteroatoms. The average Bonchev–Trinajstić information content (AvgIpc) is 3.78. The van der Waals surface area contributed by atoms with Gasteiger partial charge in [0, 0.05) is 55.9 Å². The number of furan rings is 1. The van der Waals surface area contributed by atoms with E-state index in [9.17, 15) is 0 Å². The topological polar surface area (TPSA) is 19.6 Å². The summed E-state index contributed by atoms with van der Waals surface area (Å²) in [6, 6.07) is 86.3. The van der Waals surface area contributed by atoms with Gasteiger partial charge in [0.15, 0.2) is 0 Å². The molecule has 3 nitrogen and oxygen atoms in total. The van der Waals surface area contributed by atoms with Crippen LogP contribution in [0.2, 0.25) is 0 Å². The second kappa shape index (κ2) is 14.5. The maximum Gasteiger partial charge on any atom is 0.252 e. The lowest BCUT2D eigenvalue weighted by molar-refractivity contribution is 0.671. The number of anilines is 6. The van der Waals surface area contributed by atoms with E-state index in [0.717, 1.165) is 61.1 Å². The van der Waals surface area contributed by atoms with Crippen molar-refractivity contribution in [2.24, 2.45) is 0 Å². The first-order valence-electron chi connectivity index (χ1n) is 22.8. The predicted molar refractivity (Wildman–Crippen MR) is 279 cm³/mol. The zero-order valence-electron chi connectivity index (χ0n) is 35.9. The normalized spacial score (nSPS) is 12.8. The molecule has 306 valence electrons. The number of hydrogen-bond donors (Lipinski definition) is 0. The zero-order chi connectivity index (χ0) is 43.3. The molecule has 0 fully saturated rings. The summed E-state index contributed by atoms with van der Waals surface area (Å²) in [4.78, 5) is 4.96. The third-order valence-corrected chi connectivity index (χ3v) is 14.0. The molecule has 11 aromatic carbocycles. The Bertz CT molecular complexity index is 3910. The van der Waals surface area contributed by atoms with E-state index in [0.29, 0.717) is 0 Å². The zero-order valence-corrected chi connectivity index (χ0v) is 35.9. The summed E-state index contributed by atoms with van der Waals surface area (Å²) in [5.41, 5.74) is 19.4. The third-order valence-electron chi connectivity index (χ3n) is 14.0. The Morgan fingerprint density at radius 3 is 1.65 bits per heavy atom. The molecular formula is C62H39BN2O. The number of fused-ring (bicyclic) bond motifs is 10. The highest BCUT2D eigenvalue weighted by atomic mass is 16.3. The lowest BCUT2D eigenvalue weighted by atomic mass is 9.33. The highest BCUT2D eigenvalue weighted by Gasteiger charge is 2.43. The lowest BCUT2D eigenvalue weighted by Crippen LogP contribution is -2.61. The fourth-order valence-corrected chi connectivity index (χ4v) is 11.3. The third kappa shape index (κ3) is 5.33. The molecule has 66 heavy (non-hydrogen) atoms. The van der Waals surface area contributed by atoms with Crippen LogP contribution < -0.4 is 26.2 Å². The lowest BCUT2D eigenvalue weighted by Gasteiger charge is -2.44. The fourth-order valence-electron chi connectivity index (χ4n) is 11.3. The highest BCUT2D eigenvalue weighted by molar-refractivity contribution is 7.00. The summed E-state index contributed by atoms with van der Waals surface area (Å²) in [5, 5.41) is 7.12. The van der Waals surface area contributed by atoms with E-state index < -0.39 is 0 Å². The predicted octanol–water partition coefficient (Wildman–Crippen LogP) is 15.0. The summed E-state index contributed by atoms with van der Waals surface area (Å²) in [6.07, 6.45) is 0. The molecule has 2 aliphatic heterocycles. The fraction of sp³-hybridized carbons (Fsp3) is 0. The second-order valence-electron chi connectivity index (χ2n) is 17.5. The van der Waals surface area contributed by atoms with E-state index in [1.54, 1.807) is 0 Å². The maximum atomic E-state index is 7.36. The summed E-state index contributed by atoms with van der Waals surface area (Å²) in [6.45, 7) is 0.0627. The number of rotatable bonds is 5. The van der Waals surface area contributed by atoms with Crippen molar-refractivity contribution in [2.75, 3.05) is 9.80 Å². The van der Waals surface area contributed by atoms with E-state index in [1.807, 2.05) is 0 Å². The number of hydrogen-bond acceptors (Lipinski definition) is 3. The van der Waals surface area contributed by atoms with E-state index in [1.165, 1.54) is 66.2 Å². The van der Waals surface area contributed by atoms with Gasteiger partial charge in [-0.15, -0.1) is 0 Å². The van der Waals surface area contributed by atoms with Crippen molar-refractivity contribution in [3.8, 4) is 33.4 Å². The molecule has 0 bridgehead atoms. The van der Waals surface area contributed by atoms with Gasteiger partial charge >= 0.3 is 0 Å². The molecule has 0 amide bonds. The van der Waals surface area contributed by atoms with Crippen molar-refractivity contribution in [2.45, 2.75) is 0 Å². The van der Waals surface area contributed by atoms with Gasteiger partial charge in [-0.3, -0.25) is 0 Å². The summed E-state index contributed by atoms with van der Waals surface area (Å²) >= 11 is 0. The van der Waals surface area contributed by atoms with Crippen molar-refractivity contribution in [1.29, 1.82) is 0 Å². The van der Waals surface area contributed by atoms with Crippen LogP contribution in [0.1, 0.15) is 0 Å². The van der Waals surface area contributed by atoms with Crippen LogP contribution in [0, 0.1) is 0 Å². The Morgan fingerprint density at radius 2 is 0.864 bits per heavy atom. The number of para-hydroxylation sites is 5. The van der Waals surface area contributed by atoms with Crippen molar-refractivity contribution in [3.63, 3.8) is 0 Å². The molecule has 0 saturated heterocycles. The van der Waals surface area contributed by atoms with Crippen molar-refractivity contribution >= 4 is 101 Å². The smallest absolute Gasteiger partial charge is 0.252 e. The van der Waals surface area contributed by atoms with E-state index in [4.69, 9.17) is 4.42 Å². The maximum absolute atomic E-state index is 7.36. The molecule has 0 spiro atoms. The largest absolute Gasteiger partial charge is 0.455 e. The van der Waals surface area contributed by atoms with E-state index >= 15 is 0 Å². The van der Waals surface area contributed by atoms with Gasteiger partial charge in [0.2, 0.25) is 0 Å². The minimum atomic E-state index is 0.0627. The van der Waals surface area contributed by atoms with Gasteiger partial charge in [-0.05, 0) is 109 Å². The van der Waals surface area contributed by atoms with E-state index in [-0.39, 0.29) is 6.71 Å². The summed E-state index contributed by atoms with van der Waals surface area (Å²) in [5.74, 6) is 0. The molecule has 3 heterocycles. The molecule has 0 unspecified atom stereocenters. The Kier molecular flexibility index (Phi) is 8.08. The second-order valence-corrected chi connectivity index (χ2v) is 17.5. The summed E-state index contributed by atoms with van der Waals surface area (Å²) in [7, 11) is 0. The quantitative estimate of drug-likeness (QED) is 0.127. The first-order chi connectivity index (χ1) is 32.8. The molecule has 0 N–H and O–H groups in total. The van der Waals surface area contributed by atoms with Crippen LogP contribution in [0.4, 0.5) is 34.1 Å². The molecule has 0 aliphatic carbocycles. The van der Waals surface area contributed by atoms with Crippen molar-refractivity contribution < 1.29 is 4.42 Å². The molecule has 1 aromatic heterocycles. The van der Waals surface area contributed by atoms with Crippen LogP contribution in [-0.4, -0.2) is 6.71 Å². The number of nitrogens with zero attached hydrogens (tertiary/aromatic N) is 2. The van der Waals surface area contributed by atoms with Crippen LogP contribution in [-0.2, 0) is 0 Å². The molecule has 0 saturated carbocycles. The SMILES string of the molecule is c1ccc(-c2c(-c3ccccc3N3c4ccccc4B4c5ccccc5N(c5ccccc5)c5cccc3c54)ccc3c2oc2c(-c4cc5ccccc5c5ccccc45)cccc23)cc1. The van der Waals surface area contributed by atoms with Crippen molar-refractivity contribution in [1.82, 2.24) is 0 Å². The Balaban J connectivity index is 1.02. The van der Waals surface area contributed by atoms with Gasteiger partial charge < -0.3 is 14.2 Å². The first kappa shape index (κ1) is 36.8. The van der Waals surface area contributed by atoms with Gasteiger partial charge in [-0.2, -0.15) is 0 Å². The minimum absolute atomic E-state index is 0.0627. The molecule has 12 aromatic rings. The van der Waals surface area contributed by atoms with E-state index in [2.05, 4.69) is 246 Å². The Morgan fingerprint density at radius 1 is 0.318 bits per heavy atom. The van der Waals surface area contributed by atoms with Gasteiger partial charge in [0.05, 0.1) is 5.69 Å². The first-order valence-corrected chi connectivity index (χ1v) is 22.8. The van der Waals surface area contributed by atoms with Crippen LogP contribution in [0.5, 0.6) is 0 Å². The van der Waals surface area contributed by atoms with Crippen LogP contribution >= 0.6 is 0 Å². The molecule has 0 radical (unpaired) electrons. The molecular weight excluding hydrogens is 800 g/mol. The summed E-state index contributed by atoms with van der Waals surface area (Å²) < 4.78 is 7.36. The average molecular weight is 839 g/mol. The minimum Gasteiger partial charge on any atom is -0.455 e. The van der Waals surface area contributed by atoms with Gasteiger partial charge in [0.25, 0.3) is 6.71 Å².